The van der Waals surface area contributed by atoms with E-state index in [1.54, 1.807) is 20.8 Å². The van der Waals surface area contributed by atoms with E-state index in [4.69, 9.17) is 4.74 Å². The highest BCUT2D eigenvalue weighted by molar-refractivity contribution is 14.0. The fraction of sp³-hybridized carbons (Fsp3) is 0.682. The van der Waals surface area contributed by atoms with Gasteiger partial charge in [0.25, 0.3) is 0 Å². The summed E-state index contributed by atoms with van der Waals surface area (Å²) in [6.45, 7) is 12.4. The Morgan fingerprint density at radius 2 is 1.94 bits per heavy atom. The molecule has 9 heteroatoms. The van der Waals surface area contributed by atoms with E-state index in [-0.39, 0.29) is 42.4 Å². The number of nitrogens with zero attached hydrogens (tertiary/aromatic N) is 3. The number of likely N-dealkylation sites (tertiary alicyclic amines) is 1. The minimum absolute atomic E-state index is 0. The molecule has 0 spiro atoms. The van der Waals surface area contributed by atoms with E-state index < -0.39 is 14.6 Å². The summed E-state index contributed by atoms with van der Waals surface area (Å²) in [6, 6.07) is 10.8. The molecule has 1 aromatic rings. The number of guanidine groups is 1. The van der Waals surface area contributed by atoms with Crippen LogP contribution < -0.4 is 5.32 Å². The molecule has 2 aliphatic rings. The van der Waals surface area contributed by atoms with Gasteiger partial charge in [0.1, 0.15) is 0 Å². The maximum Gasteiger partial charge on any atom is 0.194 e. The SMILES string of the molecule is CCNC(=NCCS(=O)(=O)C(C)(C)C)N1CC2OCCN(Cc3ccccc3)C2C1.I. The first-order valence-corrected chi connectivity index (χ1v) is 12.5. The summed E-state index contributed by atoms with van der Waals surface area (Å²) in [4.78, 5) is 9.35. The third-order valence-corrected chi connectivity index (χ3v) is 8.42. The summed E-state index contributed by atoms with van der Waals surface area (Å²) >= 11 is 0. The highest BCUT2D eigenvalue weighted by Crippen LogP contribution is 2.25. The molecule has 0 amide bonds. The van der Waals surface area contributed by atoms with Crippen LogP contribution in [0.5, 0.6) is 0 Å². The molecular formula is C22H37IN4O3S. The first-order chi connectivity index (χ1) is 14.2. The van der Waals surface area contributed by atoms with Crippen molar-refractivity contribution < 1.29 is 13.2 Å². The van der Waals surface area contributed by atoms with Gasteiger partial charge in [-0.2, -0.15) is 0 Å². The minimum atomic E-state index is -3.18. The van der Waals surface area contributed by atoms with Crippen molar-refractivity contribution in [3.8, 4) is 0 Å². The molecule has 2 atom stereocenters. The molecule has 0 bridgehead atoms. The van der Waals surface area contributed by atoms with Crippen LogP contribution in [0.25, 0.3) is 0 Å². The van der Waals surface area contributed by atoms with Crippen molar-refractivity contribution in [2.45, 2.75) is 51.1 Å². The molecule has 0 aromatic heterocycles. The molecule has 3 rings (SSSR count). The summed E-state index contributed by atoms with van der Waals surface area (Å²) in [5, 5.41) is 3.33. The van der Waals surface area contributed by atoms with Crippen molar-refractivity contribution in [3.63, 3.8) is 0 Å². The number of hydrogen-bond acceptors (Lipinski definition) is 5. The number of morpholine rings is 1. The highest BCUT2D eigenvalue weighted by Gasteiger charge is 2.41. The van der Waals surface area contributed by atoms with Crippen LogP contribution in [-0.4, -0.2) is 86.2 Å². The van der Waals surface area contributed by atoms with Crippen LogP contribution >= 0.6 is 24.0 Å². The molecule has 31 heavy (non-hydrogen) atoms. The fourth-order valence-corrected chi connectivity index (χ4v) is 4.89. The van der Waals surface area contributed by atoms with Gasteiger partial charge in [-0.15, -0.1) is 24.0 Å². The molecular weight excluding hydrogens is 527 g/mol. The van der Waals surface area contributed by atoms with Crippen molar-refractivity contribution in [1.29, 1.82) is 0 Å². The predicted octanol–water partition coefficient (Wildman–Crippen LogP) is 2.37. The van der Waals surface area contributed by atoms with Crippen molar-refractivity contribution in [2.75, 3.05) is 45.1 Å². The number of benzene rings is 1. The molecule has 2 unspecified atom stereocenters. The zero-order chi connectivity index (χ0) is 21.8. The molecule has 2 saturated heterocycles. The Kier molecular flexibility index (Phi) is 9.59. The third-order valence-electron chi connectivity index (χ3n) is 5.83. The number of hydrogen-bond donors (Lipinski definition) is 1. The van der Waals surface area contributed by atoms with Crippen LogP contribution in [0.4, 0.5) is 0 Å². The number of nitrogens with one attached hydrogen (secondary N) is 1. The van der Waals surface area contributed by atoms with Gasteiger partial charge in [0, 0.05) is 32.7 Å². The van der Waals surface area contributed by atoms with Gasteiger partial charge in [0.05, 0.1) is 35.8 Å². The lowest BCUT2D eigenvalue weighted by molar-refractivity contribution is -0.0502. The van der Waals surface area contributed by atoms with Crippen molar-refractivity contribution >= 4 is 39.8 Å². The van der Waals surface area contributed by atoms with E-state index in [1.807, 2.05) is 13.0 Å². The number of aliphatic imine (C=N–C) groups is 1. The van der Waals surface area contributed by atoms with Gasteiger partial charge in [0.15, 0.2) is 15.8 Å². The van der Waals surface area contributed by atoms with Crippen LogP contribution in [0.2, 0.25) is 0 Å². The van der Waals surface area contributed by atoms with E-state index >= 15 is 0 Å². The Bertz CT molecular complexity index is 827. The summed E-state index contributed by atoms with van der Waals surface area (Å²) in [7, 11) is -3.18. The molecule has 176 valence electrons. The van der Waals surface area contributed by atoms with Crippen molar-refractivity contribution in [3.05, 3.63) is 35.9 Å². The van der Waals surface area contributed by atoms with Gasteiger partial charge < -0.3 is 15.0 Å². The third kappa shape index (κ3) is 6.79. The number of ether oxygens (including phenoxy) is 1. The molecule has 0 radical (unpaired) electrons. The van der Waals surface area contributed by atoms with Crippen LogP contribution in [0.1, 0.15) is 33.3 Å². The van der Waals surface area contributed by atoms with Gasteiger partial charge in [0.2, 0.25) is 0 Å². The van der Waals surface area contributed by atoms with Crippen LogP contribution in [0, 0.1) is 0 Å². The molecule has 7 nitrogen and oxygen atoms in total. The van der Waals surface area contributed by atoms with E-state index in [0.29, 0.717) is 6.04 Å². The lowest BCUT2D eigenvalue weighted by atomic mass is 10.1. The normalized spacial score (nSPS) is 22.7. The molecule has 1 N–H and O–H groups in total. The zero-order valence-electron chi connectivity index (χ0n) is 19.1. The second-order valence-electron chi connectivity index (χ2n) is 9.00. The van der Waals surface area contributed by atoms with E-state index in [9.17, 15) is 8.42 Å². The monoisotopic (exact) mass is 564 g/mol. The standard InChI is InChI=1S/C22H36N4O3S.HI/c1-5-23-21(24-11-14-30(27,28)22(2,3)4)26-16-19-20(17-26)29-13-12-25(19)15-18-9-7-6-8-10-18;/h6-10,19-20H,5,11-17H2,1-4H3,(H,23,24);1H. The van der Waals surface area contributed by atoms with Crippen LogP contribution in [-0.2, 0) is 21.1 Å². The number of rotatable bonds is 6. The Balaban J connectivity index is 0.00000341. The average Bonchev–Trinajstić information content (AvgIpc) is 3.12. The maximum absolute atomic E-state index is 12.4. The van der Waals surface area contributed by atoms with Gasteiger partial charge in [-0.3, -0.25) is 9.89 Å². The number of sulfone groups is 1. The first-order valence-electron chi connectivity index (χ1n) is 10.9. The predicted molar refractivity (Wildman–Crippen MR) is 137 cm³/mol. The molecule has 1 aromatic carbocycles. The summed E-state index contributed by atoms with van der Waals surface area (Å²) in [5.41, 5.74) is 1.31. The van der Waals surface area contributed by atoms with Crippen molar-refractivity contribution in [1.82, 2.24) is 15.1 Å². The highest BCUT2D eigenvalue weighted by atomic mass is 127. The Morgan fingerprint density at radius 3 is 2.58 bits per heavy atom. The second kappa shape index (κ2) is 11.3. The van der Waals surface area contributed by atoms with E-state index in [1.165, 1.54) is 5.56 Å². The number of halogens is 1. The van der Waals surface area contributed by atoms with Crippen LogP contribution in [0.15, 0.2) is 35.3 Å². The van der Waals surface area contributed by atoms with Gasteiger partial charge in [-0.1, -0.05) is 30.3 Å². The molecule has 0 aliphatic carbocycles. The smallest absolute Gasteiger partial charge is 0.194 e. The topological polar surface area (TPSA) is 74.2 Å². The summed E-state index contributed by atoms with van der Waals surface area (Å²) < 4.78 is 30.1. The molecule has 2 aliphatic heterocycles. The van der Waals surface area contributed by atoms with Crippen LogP contribution in [0.3, 0.4) is 0 Å². The quantitative estimate of drug-likeness (QED) is 0.325. The van der Waals surface area contributed by atoms with Gasteiger partial charge in [-0.05, 0) is 33.3 Å². The lowest BCUT2D eigenvalue weighted by Gasteiger charge is -2.36. The van der Waals surface area contributed by atoms with Gasteiger partial charge in [-0.25, -0.2) is 8.42 Å². The number of fused-ring (bicyclic) bond motifs is 1. The van der Waals surface area contributed by atoms with Crippen molar-refractivity contribution in [2.24, 2.45) is 4.99 Å². The lowest BCUT2D eigenvalue weighted by Crippen LogP contribution is -2.50. The minimum Gasteiger partial charge on any atom is -0.373 e. The molecule has 0 saturated carbocycles. The summed E-state index contributed by atoms with van der Waals surface area (Å²) in [5.74, 6) is 0.835. The maximum atomic E-state index is 12.4. The average molecular weight is 565 g/mol. The zero-order valence-corrected chi connectivity index (χ0v) is 22.2. The van der Waals surface area contributed by atoms with E-state index in [0.717, 1.165) is 45.3 Å². The Morgan fingerprint density at radius 1 is 1.23 bits per heavy atom. The first kappa shape index (κ1) is 26.3. The second-order valence-corrected chi connectivity index (χ2v) is 11.9. The van der Waals surface area contributed by atoms with E-state index in [2.05, 4.69) is 44.4 Å². The largest absolute Gasteiger partial charge is 0.373 e. The fourth-order valence-electron chi connectivity index (χ4n) is 3.95. The molecule has 2 fully saturated rings. The van der Waals surface area contributed by atoms with Gasteiger partial charge >= 0.3 is 0 Å². The Hall–Kier alpha value is -0.910. The summed E-state index contributed by atoms with van der Waals surface area (Å²) in [6.07, 6.45) is 0.143. The Labute approximate surface area is 204 Å². The molecule has 2 heterocycles.